The van der Waals surface area contributed by atoms with Crippen molar-refractivity contribution in [2.45, 2.75) is 5.37 Å². The van der Waals surface area contributed by atoms with E-state index in [1.165, 1.54) is 4.88 Å². The van der Waals surface area contributed by atoms with E-state index < -0.39 is 0 Å². The number of hydrogen-bond acceptors (Lipinski definition) is 2. The van der Waals surface area contributed by atoms with E-state index in [1.807, 2.05) is 11.6 Å². The average Bonchev–Trinajstić information content (AvgIpc) is 2.59. The maximum Gasteiger partial charge on any atom is 0.133 e. The van der Waals surface area contributed by atoms with Crippen molar-refractivity contribution < 1.29 is 0 Å². The Hall–Kier alpha value is -0.410. The highest BCUT2D eigenvalue weighted by molar-refractivity contribution is 8.02. The second-order valence-corrected chi connectivity index (χ2v) is 3.91. The van der Waals surface area contributed by atoms with Crippen molar-refractivity contribution in [3.63, 3.8) is 0 Å². The highest BCUT2D eigenvalue weighted by Gasteiger charge is 2.14. The molecule has 0 amide bonds. The predicted molar refractivity (Wildman–Crippen MR) is 45.9 cm³/mol. The fourth-order valence-corrected chi connectivity index (χ4v) is 2.45. The SMILES string of the molecule is C1=CSC(c2cccs2)[N]1. The van der Waals surface area contributed by atoms with Gasteiger partial charge in [0, 0.05) is 11.1 Å². The molecule has 2 rings (SSSR count). The largest absolute Gasteiger partial charge is 0.272 e. The first-order valence-electron chi connectivity index (χ1n) is 3.00. The van der Waals surface area contributed by atoms with Crippen LogP contribution in [0.4, 0.5) is 0 Å². The standard InChI is InChI=1S/C7H6NS2/c1-2-6(9-4-1)7-8-3-5-10-7/h1-5,7H. The highest BCUT2D eigenvalue weighted by Crippen LogP contribution is 2.34. The number of rotatable bonds is 1. The third-order valence-electron chi connectivity index (χ3n) is 1.28. The maximum absolute atomic E-state index is 4.27. The van der Waals surface area contributed by atoms with Crippen molar-refractivity contribution in [1.82, 2.24) is 5.32 Å². The fraction of sp³-hybridized carbons (Fsp3) is 0.143. The maximum atomic E-state index is 4.27. The minimum Gasteiger partial charge on any atom is -0.272 e. The third-order valence-corrected chi connectivity index (χ3v) is 3.26. The molecule has 0 spiro atoms. The van der Waals surface area contributed by atoms with Gasteiger partial charge in [-0.25, -0.2) is 0 Å². The highest BCUT2D eigenvalue weighted by atomic mass is 32.2. The molecule has 2 heterocycles. The summed E-state index contributed by atoms with van der Waals surface area (Å²) >= 11 is 3.53. The molecule has 3 heteroatoms. The van der Waals surface area contributed by atoms with Crippen LogP contribution in [0.2, 0.25) is 0 Å². The van der Waals surface area contributed by atoms with Crippen molar-refractivity contribution in [3.05, 3.63) is 34.0 Å². The van der Waals surface area contributed by atoms with E-state index in [1.54, 1.807) is 23.1 Å². The van der Waals surface area contributed by atoms with Crippen LogP contribution in [-0.2, 0) is 0 Å². The lowest BCUT2D eigenvalue weighted by molar-refractivity contribution is 0.861. The average molecular weight is 168 g/mol. The molecule has 51 valence electrons. The lowest BCUT2D eigenvalue weighted by Crippen LogP contribution is -1.95. The van der Waals surface area contributed by atoms with Gasteiger partial charge in [0.25, 0.3) is 0 Å². The molecule has 10 heavy (non-hydrogen) atoms. The summed E-state index contributed by atoms with van der Waals surface area (Å²) in [6, 6.07) is 4.19. The van der Waals surface area contributed by atoms with Gasteiger partial charge in [-0.2, -0.15) is 0 Å². The third kappa shape index (κ3) is 1.07. The quantitative estimate of drug-likeness (QED) is 0.628. The van der Waals surface area contributed by atoms with Crippen molar-refractivity contribution in [3.8, 4) is 0 Å². The molecule has 0 saturated heterocycles. The van der Waals surface area contributed by atoms with Crippen molar-refractivity contribution in [2.24, 2.45) is 0 Å². The van der Waals surface area contributed by atoms with Crippen LogP contribution in [0.1, 0.15) is 10.3 Å². The van der Waals surface area contributed by atoms with Gasteiger partial charge in [-0.1, -0.05) is 17.8 Å². The zero-order valence-corrected chi connectivity index (χ0v) is 6.86. The van der Waals surface area contributed by atoms with Gasteiger partial charge in [-0.15, -0.1) is 11.3 Å². The fourth-order valence-electron chi connectivity index (χ4n) is 0.830. The number of thiophene rings is 1. The molecule has 0 aliphatic carbocycles. The minimum absolute atomic E-state index is 0.347. The predicted octanol–water partition coefficient (Wildman–Crippen LogP) is 2.57. The molecule has 0 aromatic carbocycles. The molecule has 1 atom stereocenters. The molecule has 1 nitrogen and oxygen atoms in total. The summed E-state index contributed by atoms with van der Waals surface area (Å²) in [4.78, 5) is 1.34. The summed E-state index contributed by atoms with van der Waals surface area (Å²) in [5.74, 6) is 0. The van der Waals surface area contributed by atoms with Crippen LogP contribution in [0.25, 0.3) is 0 Å². The van der Waals surface area contributed by atoms with Gasteiger partial charge in [0.15, 0.2) is 0 Å². The Bertz CT molecular complexity index is 220. The molecule has 1 radical (unpaired) electrons. The Morgan fingerprint density at radius 2 is 2.50 bits per heavy atom. The summed E-state index contributed by atoms with van der Waals surface area (Å²) in [7, 11) is 0. The van der Waals surface area contributed by atoms with Gasteiger partial charge in [0.05, 0.1) is 0 Å². The van der Waals surface area contributed by atoms with E-state index in [4.69, 9.17) is 0 Å². The molecule has 1 aliphatic heterocycles. The van der Waals surface area contributed by atoms with Crippen molar-refractivity contribution in [2.75, 3.05) is 0 Å². The van der Waals surface area contributed by atoms with Crippen molar-refractivity contribution in [1.29, 1.82) is 0 Å². The summed E-state index contributed by atoms with van der Waals surface area (Å²) in [5, 5.41) is 8.74. The lowest BCUT2D eigenvalue weighted by atomic mass is 10.5. The normalized spacial score (nSPS) is 23.0. The van der Waals surface area contributed by atoms with E-state index >= 15 is 0 Å². The molecule has 0 saturated carbocycles. The van der Waals surface area contributed by atoms with Crippen LogP contribution in [0.15, 0.2) is 29.1 Å². The Morgan fingerprint density at radius 1 is 1.50 bits per heavy atom. The summed E-state index contributed by atoms with van der Waals surface area (Å²) < 4.78 is 0. The molecular weight excluding hydrogens is 162 g/mol. The molecule has 1 aliphatic rings. The first-order valence-corrected chi connectivity index (χ1v) is 4.83. The Balaban J connectivity index is 2.14. The van der Waals surface area contributed by atoms with Gasteiger partial charge in [-0.3, -0.25) is 5.32 Å². The Kier molecular flexibility index (Phi) is 1.69. The molecule has 1 aromatic rings. The monoisotopic (exact) mass is 168 g/mol. The van der Waals surface area contributed by atoms with E-state index in [9.17, 15) is 0 Å². The zero-order valence-electron chi connectivity index (χ0n) is 5.23. The van der Waals surface area contributed by atoms with Crippen LogP contribution in [0.5, 0.6) is 0 Å². The zero-order chi connectivity index (χ0) is 6.81. The van der Waals surface area contributed by atoms with Crippen LogP contribution in [-0.4, -0.2) is 0 Å². The molecule has 1 aromatic heterocycles. The second kappa shape index (κ2) is 2.68. The first kappa shape index (κ1) is 6.31. The van der Waals surface area contributed by atoms with Crippen LogP contribution >= 0.6 is 23.1 Å². The lowest BCUT2D eigenvalue weighted by Gasteiger charge is -2.02. The van der Waals surface area contributed by atoms with Gasteiger partial charge < -0.3 is 0 Å². The second-order valence-electron chi connectivity index (χ2n) is 1.94. The van der Waals surface area contributed by atoms with Gasteiger partial charge >= 0.3 is 0 Å². The van der Waals surface area contributed by atoms with E-state index in [0.29, 0.717) is 5.37 Å². The minimum atomic E-state index is 0.347. The molecule has 0 fully saturated rings. The Labute approximate surface area is 68.1 Å². The number of nitrogens with zero attached hydrogens (tertiary/aromatic N) is 1. The van der Waals surface area contributed by atoms with Gasteiger partial charge in [-0.05, 0) is 16.9 Å². The molecule has 0 N–H and O–H groups in total. The van der Waals surface area contributed by atoms with Gasteiger partial charge in [0.2, 0.25) is 0 Å². The summed E-state index contributed by atoms with van der Waals surface area (Å²) in [5.41, 5.74) is 0. The summed E-state index contributed by atoms with van der Waals surface area (Å²) in [6.07, 6.45) is 1.87. The Morgan fingerprint density at radius 3 is 3.10 bits per heavy atom. The van der Waals surface area contributed by atoms with Crippen LogP contribution in [0, 0.1) is 0 Å². The van der Waals surface area contributed by atoms with E-state index in [2.05, 4.69) is 22.8 Å². The first-order chi connectivity index (χ1) is 4.97. The van der Waals surface area contributed by atoms with Crippen LogP contribution in [0.3, 0.4) is 0 Å². The van der Waals surface area contributed by atoms with E-state index in [0.717, 1.165) is 0 Å². The summed E-state index contributed by atoms with van der Waals surface area (Å²) in [6.45, 7) is 0. The van der Waals surface area contributed by atoms with Crippen molar-refractivity contribution >= 4 is 23.1 Å². The molecular formula is C7H6NS2. The van der Waals surface area contributed by atoms with Crippen LogP contribution < -0.4 is 5.32 Å². The molecule has 1 unspecified atom stereocenters. The van der Waals surface area contributed by atoms with Gasteiger partial charge in [0.1, 0.15) is 5.37 Å². The molecule has 0 bridgehead atoms. The topological polar surface area (TPSA) is 14.1 Å². The smallest absolute Gasteiger partial charge is 0.133 e. The number of hydrogen-bond donors (Lipinski definition) is 0. The van der Waals surface area contributed by atoms with E-state index in [-0.39, 0.29) is 0 Å². The number of thioether (sulfide) groups is 1.